The van der Waals surface area contributed by atoms with Crippen molar-refractivity contribution in [2.24, 2.45) is 0 Å². The minimum atomic E-state index is -0.521. The number of carbonyl (C=O) groups is 2. The maximum atomic E-state index is 13.1. The summed E-state index contributed by atoms with van der Waals surface area (Å²) in [5.74, 6) is -0.740. The highest BCUT2D eigenvalue weighted by Gasteiger charge is 2.36. The van der Waals surface area contributed by atoms with Crippen LogP contribution >= 0.6 is 11.6 Å². The van der Waals surface area contributed by atoms with Crippen LogP contribution in [0.1, 0.15) is 23.6 Å². The normalized spacial score (nSPS) is 15.6. The summed E-state index contributed by atoms with van der Waals surface area (Å²) in [7, 11) is 1.32. The molecule has 3 rings (SSSR count). The van der Waals surface area contributed by atoms with Crippen LogP contribution in [0.3, 0.4) is 0 Å². The Morgan fingerprint density at radius 1 is 1.07 bits per heavy atom. The first-order valence-corrected chi connectivity index (χ1v) is 8.92. The standard InChI is InChI=1S/C22H20ClNO3/c1-14-4-6-17(7-5-14)13-24-15(2)20(22(26)27-3)19(21(24)25)12-16-8-10-18(23)11-9-16/h4-12H,13H2,1-3H3/b19-12-. The van der Waals surface area contributed by atoms with E-state index in [1.165, 1.54) is 7.11 Å². The van der Waals surface area contributed by atoms with Gasteiger partial charge in [0.05, 0.1) is 24.8 Å². The van der Waals surface area contributed by atoms with Gasteiger partial charge in [0.2, 0.25) is 0 Å². The molecule has 0 bridgehead atoms. The molecule has 0 saturated heterocycles. The Balaban J connectivity index is 2.00. The molecule has 0 fully saturated rings. The van der Waals surface area contributed by atoms with Gasteiger partial charge in [0.15, 0.2) is 0 Å². The van der Waals surface area contributed by atoms with Crippen LogP contribution in [0.2, 0.25) is 5.02 Å². The van der Waals surface area contributed by atoms with E-state index in [0.29, 0.717) is 28.4 Å². The molecular formula is C22H20ClNO3. The average Bonchev–Trinajstić information content (AvgIpc) is 2.89. The van der Waals surface area contributed by atoms with Gasteiger partial charge in [0, 0.05) is 10.7 Å². The summed E-state index contributed by atoms with van der Waals surface area (Å²) in [4.78, 5) is 27.0. The highest BCUT2D eigenvalue weighted by Crippen LogP contribution is 2.33. The second kappa shape index (κ2) is 7.80. The lowest BCUT2D eigenvalue weighted by atomic mass is 10.0. The lowest BCUT2D eigenvalue weighted by Gasteiger charge is -2.18. The minimum absolute atomic E-state index is 0.219. The monoisotopic (exact) mass is 381 g/mol. The van der Waals surface area contributed by atoms with Crippen LogP contribution in [0, 0.1) is 6.92 Å². The first kappa shape index (κ1) is 18.9. The zero-order valence-corrected chi connectivity index (χ0v) is 16.2. The summed E-state index contributed by atoms with van der Waals surface area (Å²) in [6.45, 7) is 4.17. The summed E-state index contributed by atoms with van der Waals surface area (Å²) in [5, 5.41) is 0.607. The topological polar surface area (TPSA) is 46.6 Å². The van der Waals surface area contributed by atoms with E-state index in [1.807, 2.05) is 31.2 Å². The molecule has 0 aromatic heterocycles. The summed E-state index contributed by atoms with van der Waals surface area (Å²) in [6.07, 6.45) is 1.70. The molecule has 2 aromatic carbocycles. The molecule has 0 saturated carbocycles. The van der Waals surface area contributed by atoms with Gasteiger partial charge in [-0.2, -0.15) is 0 Å². The van der Waals surface area contributed by atoms with Gasteiger partial charge in [-0.3, -0.25) is 4.79 Å². The van der Waals surface area contributed by atoms with E-state index < -0.39 is 5.97 Å². The van der Waals surface area contributed by atoms with Gasteiger partial charge < -0.3 is 9.64 Å². The first-order valence-electron chi connectivity index (χ1n) is 8.55. The molecule has 27 heavy (non-hydrogen) atoms. The number of methoxy groups -OCH3 is 1. The maximum absolute atomic E-state index is 13.1. The fraction of sp³-hybridized carbons (Fsp3) is 0.182. The quantitative estimate of drug-likeness (QED) is 0.577. The summed E-state index contributed by atoms with van der Waals surface area (Å²) < 4.78 is 4.92. The van der Waals surface area contributed by atoms with E-state index in [4.69, 9.17) is 16.3 Å². The van der Waals surface area contributed by atoms with Gasteiger partial charge in [-0.1, -0.05) is 53.6 Å². The first-order chi connectivity index (χ1) is 12.9. The van der Waals surface area contributed by atoms with Crippen LogP contribution in [0.25, 0.3) is 6.08 Å². The van der Waals surface area contributed by atoms with Crippen molar-refractivity contribution in [3.05, 3.63) is 87.1 Å². The van der Waals surface area contributed by atoms with Gasteiger partial charge in [-0.15, -0.1) is 0 Å². The SMILES string of the molecule is COC(=O)C1=C(C)N(Cc2ccc(C)cc2)C(=O)/C1=C\c1ccc(Cl)cc1. The third kappa shape index (κ3) is 3.96. The van der Waals surface area contributed by atoms with E-state index in [-0.39, 0.29) is 5.91 Å². The Morgan fingerprint density at radius 2 is 1.70 bits per heavy atom. The molecular weight excluding hydrogens is 362 g/mol. The van der Waals surface area contributed by atoms with Crippen molar-refractivity contribution in [3.8, 4) is 0 Å². The van der Waals surface area contributed by atoms with E-state index in [2.05, 4.69) is 0 Å². The van der Waals surface area contributed by atoms with Gasteiger partial charge in [-0.05, 0) is 43.2 Å². The Bertz CT molecular complexity index is 941. The van der Waals surface area contributed by atoms with Crippen molar-refractivity contribution >= 4 is 29.6 Å². The molecule has 1 aliphatic heterocycles. The highest BCUT2D eigenvalue weighted by atomic mass is 35.5. The molecule has 1 amide bonds. The van der Waals surface area contributed by atoms with Crippen molar-refractivity contribution < 1.29 is 14.3 Å². The van der Waals surface area contributed by atoms with Crippen LogP contribution < -0.4 is 0 Å². The number of ether oxygens (including phenoxy) is 1. The van der Waals surface area contributed by atoms with Crippen LogP contribution in [-0.4, -0.2) is 23.9 Å². The minimum Gasteiger partial charge on any atom is -0.465 e. The lowest BCUT2D eigenvalue weighted by Crippen LogP contribution is -2.24. The highest BCUT2D eigenvalue weighted by molar-refractivity contribution is 6.30. The molecule has 4 nitrogen and oxygen atoms in total. The van der Waals surface area contributed by atoms with Gasteiger partial charge in [0.1, 0.15) is 0 Å². The smallest absolute Gasteiger partial charge is 0.340 e. The van der Waals surface area contributed by atoms with E-state index in [0.717, 1.165) is 16.7 Å². The molecule has 0 unspecified atom stereocenters. The van der Waals surface area contributed by atoms with Crippen molar-refractivity contribution in [2.45, 2.75) is 20.4 Å². The van der Waals surface area contributed by atoms with Crippen molar-refractivity contribution in [1.29, 1.82) is 0 Å². The zero-order chi connectivity index (χ0) is 19.6. The van der Waals surface area contributed by atoms with Crippen molar-refractivity contribution in [3.63, 3.8) is 0 Å². The molecule has 1 aliphatic rings. The van der Waals surface area contributed by atoms with Gasteiger partial charge in [0.25, 0.3) is 5.91 Å². The van der Waals surface area contributed by atoms with Gasteiger partial charge in [-0.25, -0.2) is 4.79 Å². The number of amides is 1. The molecule has 0 atom stereocenters. The van der Waals surface area contributed by atoms with Gasteiger partial charge >= 0.3 is 5.97 Å². The Kier molecular flexibility index (Phi) is 5.47. The van der Waals surface area contributed by atoms with Crippen LogP contribution in [-0.2, 0) is 20.9 Å². The number of halogens is 1. The maximum Gasteiger partial charge on any atom is 0.340 e. The van der Waals surface area contributed by atoms with Crippen molar-refractivity contribution in [1.82, 2.24) is 4.90 Å². The molecule has 0 radical (unpaired) electrons. The Morgan fingerprint density at radius 3 is 2.30 bits per heavy atom. The second-order valence-corrected chi connectivity index (χ2v) is 6.87. The van der Waals surface area contributed by atoms with Crippen LogP contribution in [0.5, 0.6) is 0 Å². The predicted octanol–water partition coefficient (Wildman–Crippen LogP) is 4.52. The number of benzene rings is 2. The number of aryl methyl sites for hydroxylation is 1. The largest absolute Gasteiger partial charge is 0.465 e. The molecule has 0 spiro atoms. The van der Waals surface area contributed by atoms with Crippen LogP contribution in [0.15, 0.2) is 65.4 Å². The third-order valence-electron chi connectivity index (χ3n) is 4.54. The number of esters is 1. The number of carbonyl (C=O) groups excluding carboxylic acids is 2. The zero-order valence-electron chi connectivity index (χ0n) is 15.5. The van der Waals surface area contributed by atoms with Crippen molar-refractivity contribution in [2.75, 3.05) is 7.11 Å². The third-order valence-corrected chi connectivity index (χ3v) is 4.80. The molecule has 5 heteroatoms. The number of rotatable bonds is 4. The summed E-state index contributed by atoms with van der Waals surface area (Å²) in [6, 6.07) is 15.0. The predicted molar refractivity (Wildman–Crippen MR) is 106 cm³/mol. The van der Waals surface area contributed by atoms with E-state index in [1.54, 1.807) is 42.2 Å². The second-order valence-electron chi connectivity index (χ2n) is 6.44. The molecule has 2 aromatic rings. The Hall–Kier alpha value is -2.85. The molecule has 0 N–H and O–H groups in total. The van der Waals surface area contributed by atoms with E-state index in [9.17, 15) is 9.59 Å². The lowest BCUT2D eigenvalue weighted by molar-refractivity contribution is -0.136. The number of allylic oxidation sites excluding steroid dienone is 1. The van der Waals surface area contributed by atoms with E-state index >= 15 is 0 Å². The summed E-state index contributed by atoms with van der Waals surface area (Å²) >= 11 is 5.93. The molecule has 0 aliphatic carbocycles. The Labute approximate surface area is 163 Å². The fourth-order valence-electron chi connectivity index (χ4n) is 3.02. The number of hydrogen-bond acceptors (Lipinski definition) is 3. The molecule has 138 valence electrons. The summed E-state index contributed by atoms with van der Waals surface area (Å²) in [5.41, 5.74) is 4.14. The number of hydrogen-bond donors (Lipinski definition) is 0. The fourth-order valence-corrected chi connectivity index (χ4v) is 3.15. The van der Waals surface area contributed by atoms with Crippen LogP contribution in [0.4, 0.5) is 0 Å². The number of nitrogens with zero attached hydrogens (tertiary/aromatic N) is 1. The average molecular weight is 382 g/mol. The molecule has 1 heterocycles.